The number of hydrogen-bond acceptors (Lipinski definition) is 2. The first-order chi connectivity index (χ1) is 6.66. The zero-order valence-corrected chi connectivity index (χ0v) is 10.2. The average Bonchev–Trinajstić information content (AvgIpc) is 2.68. The third kappa shape index (κ3) is 2.96. The van der Waals surface area contributed by atoms with E-state index in [0.29, 0.717) is 12.1 Å². The van der Waals surface area contributed by atoms with Crippen molar-refractivity contribution >= 4 is 0 Å². The molecule has 2 heteroatoms. The van der Waals surface area contributed by atoms with Gasteiger partial charge in [0.05, 0.1) is 0 Å². The van der Waals surface area contributed by atoms with Crippen molar-refractivity contribution in [3.8, 4) is 0 Å². The lowest BCUT2D eigenvalue weighted by Crippen LogP contribution is -2.48. The summed E-state index contributed by atoms with van der Waals surface area (Å²) in [6.07, 6.45) is 5.66. The Labute approximate surface area is 89.1 Å². The molecule has 1 N–H and O–H groups in total. The zero-order valence-electron chi connectivity index (χ0n) is 10.2. The van der Waals surface area contributed by atoms with E-state index in [2.05, 4.69) is 38.0 Å². The summed E-state index contributed by atoms with van der Waals surface area (Å²) in [4.78, 5) is 2.57. The fraction of sp³-hybridized carbons (Fsp3) is 1.00. The molecule has 0 bridgehead atoms. The summed E-state index contributed by atoms with van der Waals surface area (Å²) in [6, 6.07) is 2.09. The van der Waals surface area contributed by atoms with Gasteiger partial charge >= 0.3 is 0 Å². The van der Waals surface area contributed by atoms with E-state index in [1.807, 2.05) is 0 Å². The summed E-state index contributed by atoms with van der Waals surface area (Å²) in [7, 11) is 2.29. The summed E-state index contributed by atoms with van der Waals surface area (Å²) in [5, 5.41) is 3.51. The third-order valence-electron chi connectivity index (χ3n) is 3.79. The zero-order chi connectivity index (χ0) is 10.6. The Morgan fingerprint density at radius 1 is 1.29 bits per heavy atom. The van der Waals surface area contributed by atoms with E-state index >= 15 is 0 Å². The highest BCUT2D eigenvalue weighted by atomic mass is 15.2. The van der Waals surface area contributed by atoms with Gasteiger partial charge in [-0.05, 0) is 40.3 Å². The van der Waals surface area contributed by atoms with Crippen molar-refractivity contribution in [3.63, 3.8) is 0 Å². The summed E-state index contributed by atoms with van der Waals surface area (Å²) in [5.74, 6) is 0. The van der Waals surface area contributed by atoms with E-state index in [-0.39, 0.29) is 0 Å². The van der Waals surface area contributed by atoms with Gasteiger partial charge in [0.15, 0.2) is 0 Å². The summed E-state index contributed by atoms with van der Waals surface area (Å²) >= 11 is 0. The molecule has 84 valence electrons. The lowest BCUT2D eigenvalue weighted by Gasteiger charge is -2.34. The Balaban J connectivity index is 2.37. The number of likely N-dealkylation sites (N-methyl/N-ethyl adjacent to an activating group) is 2. The highest BCUT2D eigenvalue weighted by molar-refractivity contribution is 4.83. The minimum absolute atomic E-state index is 0.602. The third-order valence-corrected chi connectivity index (χ3v) is 3.79. The van der Waals surface area contributed by atoms with Gasteiger partial charge in [0, 0.05) is 18.1 Å². The highest BCUT2D eigenvalue weighted by Gasteiger charge is 2.25. The molecule has 0 radical (unpaired) electrons. The van der Waals surface area contributed by atoms with E-state index in [1.165, 1.54) is 25.7 Å². The van der Waals surface area contributed by atoms with E-state index in [9.17, 15) is 0 Å². The predicted molar refractivity (Wildman–Crippen MR) is 62.6 cm³/mol. The molecular formula is C12H26N2. The Morgan fingerprint density at radius 2 is 1.86 bits per heavy atom. The van der Waals surface area contributed by atoms with Crippen molar-refractivity contribution in [2.45, 2.75) is 64.6 Å². The Hall–Kier alpha value is -0.0800. The van der Waals surface area contributed by atoms with E-state index in [4.69, 9.17) is 0 Å². The van der Waals surface area contributed by atoms with Crippen LogP contribution in [0.2, 0.25) is 0 Å². The van der Waals surface area contributed by atoms with Gasteiger partial charge in [0.2, 0.25) is 0 Å². The Bertz CT molecular complexity index is 152. The molecule has 1 fully saturated rings. The first-order valence-corrected chi connectivity index (χ1v) is 6.12. The van der Waals surface area contributed by atoms with Gasteiger partial charge in [-0.1, -0.05) is 19.8 Å². The van der Waals surface area contributed by atoms with Gasteiger partial charge < -0.3 is 5.32 Å². The lowest BCUT2D eigenvalue weighted by atomic mass is 10.1. The normalized spacial score (nSPS) is 22.9. The molecule has 0 aromatic heterocycles. The smallest absolute Gasteiger partial charge is 0.0218 e. The molecule has 2 unspecified atom stereocenters. The first kappa shape index (κ1) is 12.0. The van der Waals surface area contributed by atoms with Gasteiger partial charge in [-0.15, -0.1) is 0 Å². The molecule has 2 nitrogen and oxygen atoms in total. The largest absolute Gasteiger partial charge is 0.313 e. The summed E-state index contributed by atoms with van der Waals surface area (Å²) in [6.45, 7) is 7.88. The summed E-state index contributed by atoms with van der Waals surface area (Å²) < 4.78 is 0. The van der Waals surface area contributed by atoms with Crippen LogP contribution in [0.15, 0.2) is 0 Å². The van der Waals surface area contributed by atoms with E-state index in [0.717, 1.165) is 12.6 Å². The number of rotatable bonds is 5. The molecular weight excluding hydrogens is 172 g/mol. The predicted octanol–water partition coefficient (Wildman–Crippen LogP) is 2.25. The van der Waals surface area contributed by atoms with Crippen LogP contribution in [0.3, 0.4) is 0 Å². The van der Waals surface area contributed by atoms with Crippen LogP contribution >= 0.6 is 0 Å². The van der Waals surface area contributed by atoms with Crippen LogP contribution in [-0.4, -0.2) is 36.6 Å². The van der Waals surface area contributed by atoms with Gasteiger partial charge in [0.1, 0.15) is 0 Å². The molecule has 1 aliphatic rings. The summed E-state index contributed by atoms with van der Waals surface area (Å²) in [5.41, 5.74) is 0. The molecule has 2 atom stereocenters. The Morgan fingerprint density at radius 3 is 2.36 bits per heavy atom. The van der Waals surface area contributed by atoms with Gasteiger partial charge in [-0.2, -0.15) is 0 Å². The second-order valence-electron chi connectivity index (χ2n) is 4.69. The molecule has 1 saturated carbocycles. The maximum absolute atomic E-state index is 3.51. The SMILES string of the molecule is CCNC(C)C(C)N(C)C1CCCC1. The maximum Gasteiger partial charge on any atom is 0.0218 e. The standard InChI is InChI=1S/C12H26N2/c1-5-13-10(2)11(3)14(4)12-8-6-7-9-12/h10-13H,5-9H2,1-4H3. The van der Waals surface area contributed by atoms with Crippen molar-refractivity contribution in [3.05, 3.63) is 0 Å². The average molecular weight is 198 g/mol. The van der Waals surface area contributed by atoms with Crippen molar-refractivity contribution < 1.29 is 0 Å². The molecule has 0 aromatic carbocycles. The molecule has 14 heavy (non-hydrogen) atoms. The van der Waals surface area contributed by atoms with Crippen molar-refractivity contribution in [1.29, 1.82) is 0 Å². The quantitative estimate of drug-likeness (QED) is 0.729. The molecule has 1 rings (SSSR count). The monoisotopic (exact) mass is 198 g/mol. The molecule has 0 spiro atoms. The highest BCUT2D eigenvalue weighted by Crippen LogP contribution is 2.24. The van der Waals surface area contributed by atoms with E-state index in [1.54, 1.807) is 0 Å². The minimum Gasteiger partial charge on any atom is -0.313 e. The lowest BCUT2D eigenvalue weighted by molar-refractivity contribution is 0.157. The Kier molecular flexibility index (Phi) is 4.90. The van der Waals surface area contributed by atoms with Crippen LogP contribution < -0.4 is 5.32 Å². The van der Waals surface area contributed by atoms with Crippen LogP contribution in [0, 0.1) is 0 Å². The number of nitrogens with one attached hydrogen (secondary N) is 1. The molecule has 0 aromatic rings. The van der Waals surface area contributed by atoms with Gasteiger partial charge in [-0.3, -0.25) is 4.90 Å². The fourth-order valence-electron chi connectivity index (χ4n) is 2.49. The van der Waals surface area contributed by atoms with Crippen molar-refractivity contribution in [2.75, 3.05) is 13.6 Å². The van der Waals surface area contributed by atoms with Crippen LogP contribution in [0.1, 0.15) is 46.5 Å². The second kappa shape index (κ2) is 5.72. The van der Waals surface area contributed by atoms with Crippen LogP contribution in [0.4, 0.5) is 0 Å². The maximum atomic E-state index is 3.51. The minimum atomic E-state index is 0.602. The molecule has 0 aliphatic heterocycles. The van der Waals surface area contributed by atoms with Gasteiger partial charge in [-0.25, -0.2) is 0 Å². The molecule has 1 aliphatic carbocycles. The van der Waals surface area contributed by atoms with E-state index < -0.39 is 0 Å². The first-order valence-electron chi connectivity index (χ1n) is 6.12. The van der Waals surface area contributed by atoms with Gasteiger partial charge in [0.25, 0.3) is 0 Å². The number of nitrogens with zero attached hydrogens (tertiary/aromatic N) is 1. The topological polar surface area (TPSA) is 15.3 Å². The molecule has 0 heterocycles. The second-order valence-corrected chi connectivity index (χ2v) is 4.69. The number of hydrogen-bond donors (Lipinski definition) is 1. The fourth-order valence-corrected chi connectivity index (χ4v) is 2.49. The van der Waals surface area contributed by atoms with Crippen LogP contribution in [0.5, 0.6) is 0 Å². The van der Waals surface area contributed by atoms with Crippen LogP contribution in [-0.2, 0) is 0 Å². The van der Waals surface area contributed by atoms with Crippen molar-refractivity contribution in [1.82, 2.24) is 10.2 Å². The molecule has 0 saturated heterocycles. The van der Waals surface area contributed by atoms with Crippen LogP contribution in [0.25, 0.3) is 0 Å². The van der Waals surface area contributed by atoms with Crippen molar-refractivity contribution in [2.24, 2.45) is 0 Å². The molecule has 0 amide bonds.